The Morgan fingerprint density at radius 2 is 2.25 bits per heavy atom. The SMILES string of the molecule is CSN(NCc1ccco1)C1CCCCC1. The first-order valence-corrected chi connectivity index (χ1v) is 7.17. The molecule has 16 heavy (non-hydrogen) atoms. The predicted molar refractivity (Wildman–Crippen MR) is 67.8 cm³/mol. The standard InChI is InChI=1S/C12H20N2OS/c1-16-14(11-6-3-2-4-7-11)13-10-12-8-5-9-15-12/h5,8-9,11,13H,2-4,6-7,10H2,1H3. The molecule has 0 bridgehead atoms. The molecule has 1 aromatic heterocycles. The fourth-order valence-corrected chi connectivity index (χ4v) is 2.93. The molecule has 1 fully saturated rings. The Bertz CT molecular complexity index is 283. The van der Waals surface area contributed by atoms with Crippen LogP contribution >= 0.6 is 11.9 Å². The molecule has 1 aromatic rings. The third-order valence-electron chi connectivity index (χ3n) is 3.09. The summed E-state index contributed by atoms with van der Waals surface area (Å²) < 4.78 is 7.61. The maximum atomic E-state index is 5.32. The van der Waals surface area contributed by atoms with Crippen LogP contribution in [0.1, 0.15) is 37.9 Å². The minimum Gasteiger partial charge on any atom is -0.468 e. The molecule has 4 heteroatoms. The van der Waals surface area contributed by atoms with E-state index in [-0.39, 0.29) is 0 Å². The van der Waals surface area contributed by atoms with Gasteiger partial charge in [-0.15, -0.1) is 0 Å². The molecule has 0 unspecified atom stereocenters. The number of furan rings is 1. The van der Waals surface area contributed by atoms with E-state index in [1.807, 2.05) is 12.1 Å². The van der Waals surface area contributed by atoms with E-state index < -0.39 is 0 Å². The smallest absolute Gasteiger partial charge is 0.118 e. The lowest BCUT2D eigenvalue weighted by Gasteiger charge is -2.32. The summed E-state index contributed by atoms with van der Waals surface area (Å²) in [6, 6.07) is 4.62. The van der Waals surface area contributed by atoms with Crippen LogP contribution in [0.15, 0.2) is 22.8 Å². The van der Waals surface area contributed by atoms with Gasteiger partial charge in [0.1, 0.15) is 5.76 Å². The van der Waals surface area contributed by atoms with Crippen molar-refractivity contribution in [2.75, 3.05) is 6.26 Å². The van der Waals surface area contributed by atoms with Gasteiger partial charge in [0.2, 0.25) is 0 Å². The van der Waals surface area contributed by atoms with Crippen molar-refractivity contribution in [2.24, 2.45) is 0 Å². The number of nitrogens with one attached hydrogen (secondary N) is 1. The zero-order valence-electron chi connectivity index (χ0n) is 9.82. The highest BCUT2D eigenvalue weighted by molar-refractivity contribution is 7.96. The molecule has 0 saturated heterocycles. The fourth-order valence-electron chi connectivity index (χ4n) is 2.23. The van der Waals surface area contributed by atoms with Crippen LogP contribution in [-0.2, 0) is 6.54 Å². The van der Waals surface area contributed by atoms with E-state index in [0.717, 1.165) is 12.3 Å². The van der Waals surface area contributed by atoms with Crippen molar-refractivity contribution in [1.82, 2.24) is 9.84 Å². The third-order valence-corrected chi connectivity index (χ3v) is 3.91. The molecule has 1 N–H and O–H groups in total. The molecule has 1 saturated carbocycles. The van der Waals surface area contributed by atoms with E-state index in [2.05, 4.69) is 16.1 Å². The Kier molecular flexibility index (Phi) is 4.75. The van der Waals surface area contributed by atoms with Gasteiger partial charge in [0.05, 0.1) is 12.8 Å². The van der Waals surface area contributed by atoms with Gasteiger partial charge in [-0.25, -0.2) is 5.43 Å². The Balaban J connectivity index is 1.80. The van der Waals surface area contributed by atoms with Gasteiger partial charge in [0, 0.05) is 6.04 Å². The molecule has 2 rings (SSSR count). The average Bonchev–Trinajstić information content (AvgIpc) is 2.84. The molecule has 0 aliphatic heterocycles. The van der Waals surface area contributed by atoms with Crippen molar-refractivity contribution in [3.8, 4) is 0 Å². The van der Waals surface area contributed by atoms with E-state index >= 15 is 0 Å². The summed E-state index contributed by atoms with van der Waals surface area (Å²) in [5.41, 5.74) is 3.44. The van der Waals surface area contributed by atoms with Crippen LogP contribution in [0.3, 0.4) is 0 Å². The van der Waals surface area contributed by atoms with Gasteiger partial charge in [-0.05, 0) is 31.2 Å². The van der Waals surface area contributed by atoms with Gasteiger partial charge in [0.15, 0.2) is 0 Å². The van der Waals surface area contributed by atoms with Crippen LogP contribution in [-0.4, -0.2) is 16.7 Å². The highest BCUT2D eigenvalue weighted by atomic mass is 32.2. The largest absolute Gasteiger partial charge is 0.468 e. The molecule has 0 radical (unpaired) electrons. The van der Waals surface area contributed by atoms with E-state index in [1.165, 1.54) is 32.1 Å². The molecule has 1 aliphatic rings. The minimum atomic E-state index is 0.679. The Hall–Kier alpha value is -0.450. The van der Waals surface area contributed by atoms with Gasteiger partial charge in [-0.3, -0.25) is 0 Å². The van der Waals surface area contributed by atoms with Gasteiger partial charge < -0.3 is 4.42 Å². The maximum absolute atomic E-state index is 5.32. The van der Waals surface area contributed by atoms with E-state index in [0.29, 0.717) is 6.04 Å². The maximum Gasteiger partial charge on any atom is 0.118 e. The first kappa shape index (κ1) is 12.0. The monoisotopic (exact) mass is 240 g/mol. The van der Waals surface area contributed by atoms with E-state index in [4.69, 9.17) is 4.42 Å². The molecule has 0 aromatic carbocycles. The normalized spacial score (nSPS) is 18.1. The van der Waals surface area contributed by atoms with Crippen molar-refractivity contribution in [1.29, 1.82) is 0 Å². The second-order valence-electron chi connectivity index (χ2n) is 4.21. The summed E-state index contributed by atoms with van der Waals surface area (Å²) in [4.78, 5) is 0. The van der Waals surface area contributed by atoms with E-state index in [9.17, 15) is 0 Å². The minimum absolute atomic E-state index is 0.679. The lowest BCUT2D eigenvalue weighted by atomic mass is 9.96. The summed E-state index contributed by atoms with van der Waals surface area (Å²) in [6.07, 6.45) is 10.6. The number of hydrogen-bond donors (Lipinski definition) is 1. The highest BCUT2D eigenvalue weighted by Crippen LogP contribution is 2.24. The molecule has 90 valence electrons. The van der Waals surface area contributed by atoms with Crippen LogP contribution in [0.2, 0.25) is 0 Å². The molecule has 3 nitrogen and oxygen atoms in total. The van der Waals surface area contributed by atoms with Crippen molar-refractivity contribution in [3.05, 3.63) is 24.2 Å². The van der Waals surface area contributed by atoms with Crippen LogP contribution in [0.25, 0.3) is 0 Å². The summed E-state index contributed by atoms with van der Waals surface area (Å²) in [5, 5.41) is 0. The summed E-state index contributed by atoms with van der Waals surface area (Å²) >= 11 is 1.78. The molecule has 0 atom stereocenters. The zero-order valence-corrected chi connectivity index (χ0v) is 10.6. The second kappa shape index (κ2) is 6.33. The first-order valence-electron chi connectivity index (χ1n) is 5.99. The first-order chi connectivity index (χ1) is 7.90. The summed E-state index contributed by atoms with van der Waals surface area (Å²) in [5.74, 6) is 0.995. The number of hydrazine groups is 1. The summed E-state index contributed by atoms with van der Waals surface area (Å²) in [6.45, 7) is 0.782. The van der Waals surface area contributed by atoms with E-state index in [1.54, 1.807) is 18.2 Å². The lowest BCUT2D eigenvalue weighted by Crippen LogP contribution is -2.41. The Morgan fingerprint density at radius 1 is 1.44 bits per heavy atom. The van der Waals surface area contributed by atoms with Gasteiger partial charge in [-0.1, -0.05) is 31.2 Å². The van der Waals surface area contributed by atoms with Crippen LogP contribution in [0.4, 0.5) is 0 Å². The Morgan fingerprint density at radius 3 is 2.88 bits per heavy atom. The quantitative estimate of drug-likeness (QED) is 0.632. The molecule has 1 aliphatic carbocycles. The Labute approximate surface area is 102 Å². The van der Waals surface area contributed by atoms with Crippen LogP contribution < -0.4 is 5.43 Å². The number of hydrogen-bond acceptors (Lipinski definition) is 4. The third kappa shape index (κ3) is 3.27. The molecule has 0 amide bonds. The van der Waals surface area contributed by atoms with Gasteiger partial charge in [0.25, 0.3) is 0 Å². The number of nitrogens with zero attached hydrogens (tertiary/aromatic N) is 1. The number of rotatable bonds is 5. The molecule has 1 heterocycles. The van der Waals surface area contributed by atoms with Crippen molar-refractivity contribution in [3.63, 3.8) is 0 Å². The molecular formula is C12H20N2OS. The van der Waals surface area contributed by atoms with Crippen LogP contribution in [0.5, 0.6) is 0 Å². The van der Waals surface area contributed by atoms with Gasteiger partial charge >= 0.3 is 0 Å². The topological polar surface area (TPSA) is 28.4 Å². The molecule has 0 spiro atoms. The average molecular weight is 240 g/mol. The highest BCUT2D eigenvalue weighted by Gasteiger charge is 2.20. The van der Waals surface area contributed by atoms with Crippen molar-refractivity contribution >= 4 is 11.9 Å². The predicted octanol–water partition coefficient (Wildman–Crippen LogP) is 3.20. The fraction of sp³-hybridized carbons (Fsp3) is 0.667. The molecular weight excluding hydrogens is 220 g/mol. The lowest BCUT2D eigenvalue weighted by molar-refractivity contribution is 0.206. The van der Waals surface area contributed by atoms with Crippen molar-refractivity contribution in [2.45, 2.75) is 44.7 Å². The summed E-state index contributed by atoms with van der Waals surface area (Å²) in [7, 11) is 0. The van der Waals surface area contributed by atoms with Crippen molar-refractivity contribution < 1.29 is 4.42 Å². The second-order valence-corrected chi connectivity index (χ2v) is 4.97. The van der Waals surface area contributed by atoms with Gasteiger partial charge in [-0.2, -0.15) is 4.41 Å². The zero-order chi connectivity index (χ0) is 11.2. The van der Waals surface area contributed by atoms with Crippen LogP contribution in [0, 0.1) is 0 Å².